The van der Waals surface area contributed by atoms with Gasteiger partial charge in [-0.3, -0.25) is 9.59 Å². The van der Waals surface area contributed by atoms with Crippen LogP contribution in [0.5, 0.6) is 0 Å². The Morgan fingerprint density at radius 2 is 1.75 bits per heavy atom. The van der Waals surface area contributed by atoms with Crippen molar-refractivity contribution in [2.24, 2.45) is 17.1 Å². The van der Waals surface area contributed by atoms with Crippen molar-refractivity contribution >= 4 is 11.8 Å². The maximum absolute atomic E-state index is 11.2. The second kappa shape index (κ2) is 3.56. The van der Waals surface area contributed by atoms with Crippen LogP contribution in [0, 0.1) is 11.3 Å². The molecular weight excluding hydrogens is 156 g/mol. The second-order valence-corrected chi connectivity index (χ2v) is 3.82. The van der Waals surface area contributed by atoms with Gasteiger partial charge in [0.15, 0.2) is 0 Å². The first-order valence-electron chi connectivity index (χ1n) is 3.81. The van der Waals surface area contributed by atoms with E-state index in [2.05, 4.69) is 5.32 Å². The largest absolute Gasteiger partial charge is 0.369 e. The van der Waals surface area contributed by atoms with E-state index < -0.39 is 17.2 Å². The molecule has 0 aliphatic rings. The van der Waals surface area contributed by atoms with Gasteiger partial charge in [-0.25, -0.2) is 0 Å². The Balaban J connectivity index is 4.68. The Morgan fingerprint density at radius 3 is 1.83 bits per heavy atom. The average molecular weight is 172 g/mol. The van der Waals surface area contributed by atoms with Crippen molar-refractivity contribution in [3.8, 4) is 0 Å². The van der Waals surface area contributed by atoms with Crippen LogP contribution in [-0.2, 0) is 9.59 Å². The molecule has 0 heterocycles. The van der Waals surface area contributed by atoms with Gasteiger partial charge in [0.2, 0.25) is 11.8 Å². The summed E-state index contributed by atoms with van der Waals surface area (Å²) in [6.07, 6.45) is 0. The number of hydrogen-bond acceptors (Lipinski definition) is 2. The smallest absolute Gasteiger partial charge is 0.232 e. The zero-order valence-electron chi connectivity index (χ0n) is 7.97. The fourth-order valence-electron chi connectivity index (χ4n) is 1.09. The Bertz CT molecular complexity index is 194. The van der Waals surface area contributed by atoms with Crippen molar-refractivity contribution in [2.75, 3.05) is 7.05 Å². The normalized spacial score (nSPS) is 13.7. The minimum Gasteiger partial charge on any atom is -0.369 e. The Kier molecular flexibility index (Phi) is 3.24. The zero-order chi connectivity index (χ0) is 9.94. The van der Waals surface area contributed by atoms with Crippen LogP contribution in [0.1, 0.15) is 20.8 Å². The summed E-state index contributed by atoms with van der Waals surface area (Å²) >= 11 is 0. The molecule has 0 aliphatic heterocycles. The monoisotopic (exact) mass is 172 g/mol. The zero-order valence-corrected chi connectivity index (χ0v) is 7.97. The fraction of sp³-hybridized carbons (Fsp3) is 0.750. The Labute approximate surface area is 72.5 Å². The highest BCUT2D eigenvalue weighted by atomic mass is 16.2. The number of carbonyl (C=O) groups excluding carboxylic acids is 2. The third-order valence-electron chi connectivity index (χ3n) is 1.66. The lowest BCUT2D eigenvalue weighted by Crippen LogP contribution is -2.44. The van der Waals surface area contributed by atoms with E-state index in [-0.39, 0.29) is 5.91 Å². The van der Waals surface area contributed by atoms with Crippen LogP contribution in [0.4, 0.5) is 0 Å². The quantitative estimate of drug-likeness (QED) is 0.570. The maximum Gasteiger partial charge on any atom is 0.232 e. The lowest BCUT2D eigenvalue weighted by Gasteiger charge is -2.25. The van der Waals surface area contributed by atoms with Gasteiger partial charge in [-0.1, -0.05) is 20.8 Å². The third-order valence-corrected chi connectivity index (χ3v) is 1.66. The molecule has 0 rings (SSSR count). The molecule has 4 heteroatoms. The Morgan fingerprint density at radius 1 is 1.33 bits per heavy atom. The molecule has 0 radical (unpaired) electrons. The third kappa shape index (κ3) is 2.53. The summed E-state index contributed by atoms with van der Waals surface area (Å²) in [6.45, 7) is 5.41. The number of hydrogen-bond donors (Lipinski definition) is 2. The van der Waals surface area contributed by atoms with E-state index in [0.29, 0.717) is 0 Å². The van der Waals surface area contributed by atoms with Crippen LogP contribution in [0.3, 0.4) is 0 Å². The minimum absolute atomic E-state index is 0.324. The highest BCUT2D eigenvalue weighted by Gasteiger charge is 2.35. The van der Waals surface area contributed by atoms with Crippen molar-refractivity contribution in [3.05, 3.63) is 0 Å². The van der Waals surface area contributed by atoms with Gasteiger partial charge in [-0.15, -0.1) is 0 Å². The van der Waals surface area contributed by atoms with E-state index in [1.807, 2.05) is 0 Å². The van der Waals surface area contributed by atoms with Crippen LogP contribution in [0.15, 0.2) is 0 Å². The molecule has 0 saturated carbocycles. The molecule has 0 spiro atoms. The fourth-order valence-corrected chi connectivity index (χ4v) is 1.09. The minimum atomic E-state index is -0.762. The second-order valence-electron chi connectivity index (χ2n) is 3.82. The van der Waals surface area contributed by atoms with Crippen molar-refractivity contribution in [1.29, 1.82) is 0 Å². The van der Waals surface area contributed by atoms with Gasteiger partial charge in [0.25, 0.3) is 0 Å². The van der Waals surface area contributed by atoms with Crippen LogP contribution in [0.25, 0.3) is 0 Å². The highest BCUT2D eigenvalue weighted by Crippen LogP contribution is 2.25. The highest BCUT2D eigenvalue weighted by molar-refractivity contribution is 6.00. The lowest BCUT2D eigenvalue weighted by atomic mass is 9.79. The van der Waals surface area contributed by atoms with E-state index in [0.717, 1.165) is 0 Å². The summed E-state index contributed by atoms with van der Waals surface area (Å²) in [7, 11) is 1.49. The van der Waals surface area contributed by atoms with Crippen LogP contribution < -0.4 is 11.1 Å². The number of nitrogens with two attached hydrogens (primary N) is 1. The standard InChI is InChI=1S/C8H16N2O2/c1-8(2,3)5(6(9)11)7(12)10-4/h5H,1-4H3,(H2,9,11)(H,10,12). The predicted octanol–water partition coefficient (Wildman–Crippen LogP) is -0.120. The van der Waals surface area contributed by atoms with E-state index in [4.69, 9.17) is 5.73 Å². The van der Waals surface area contributed by atoms with Gasteiger partial charge >= 0.3 is 0 Å². The molecule has 0 aromatic heterocycles. The summed E-state index contributed by atoms with van der Waals surface area (Å²) < 4.78 is 0. The van der Waals surface area contributed by atoms with Crippen LogP contribution in [-0.4, -0.2) is 18.9 Å². The van der Waals surface area contributed by atoms with Gasteiger partial charge in [-0.2, -0.15) is 0 Å². The molecule has 0 aromatic carbocycles. The van der Waals surface area contributed by atoms with Gasteiger partial charge in [0.05, 0.1) is 0 Å². The van der Waals surface area contributed by atoms with Crippen molar-refractivity contribution < 1.29 is 9.59 Å². The number of rotatable bonds is 2. The molecule has 1 unspecified atom stereocenters. The van der Waals surface area contributed by atoms with Crippen molar-refractivity contribution in [1.82, 2.24) is 5.32 Å². The topological polar surface area (TPSA) is 72.2 Å². The van der Waals surface area contributed by atoms with E-state index in [1.54, 1.807) is 20.8 Å². The lowest BCUT2D eigenvalue weighted by molar-refractivity contribution is -0.137. The first-order valence-corrected chi connectivity index (χ1v) is 3.81. The molecule has 0 aliphatic carbocycles. The summed E-state index contributed by atoms with van der Waals surface area (Å²) in [6, 6.07) is 0. The first-order chi connectivity index (χ1) is 5.30. The molecule has 0 saturated heterocycles. The molecule has 4 nitrogen and oxygen atoms in total. The van der Waals surface area contributed by atoms with Crippen molar-refractivity contribution in [3.63, 3.8) is 0 Å². The molecule has 12 heavy (non-hydrogen) atoms. The summed E-state index contributed by atoms with van der Waals surface area (Å²) in [5.41, 5.74) is 4.67. The average Bonchev–Trinajstić information content (AvgIpc) is 1.83. The first kappa shape index (κ1) is 10.9. The molecule has 0 aromatic rings. The van der Waals surface area contributed by atoms with E-state index in [9.17, 15) is 9.59 Å². The number of nitrogens with one attached hydrogen (secondary N) is 1. The molecule has 3 N–H and O–H groups in total. The van der Waals surface area contributed by atoms with E-state index in [1.165, 1.54) is 7.05 Å². The SMILES string of the molecule is CNC(=O)C(C(N)=O)C(C)(C)C. The van der Waals surface area contributed by atoms with Gasteiger partial charge < -0.3 is 11.1 Å². The molecule has 1 atom stereocenters. The van der Waals surface area contributed by atoms with Gasteiger partial charge in [-0.05, 0) is 5.41 Å². The summed E-state index contributed by atoms with van der Waals surface area (Å²) in [5, 5.41) is 2.41. The maximum atomic E-state index is 11.2. The molecule has 2 amide bonds. The Hall–Kier alpha value is -1.06. The van der Waals surface area contributed by atoms with Crippen molar-refractivity contribution in [2.45, 2.75) is 20.8 Å². The molecule has 70 valence electrons. The summed E-state index contributed by atoms with van der Waals surface area (Å²) in [5.74, 6) is -1.67. The predicted molar refractivity (Wildman–Crippen MR) is 46.2 cm³/mol. The molecule has 0 fully saturated rings. The van der Waals surface area contributed by atoms with E-state index >= 15 is 0 Å². The number of primary amides is 1. The molecular formula is C8H16N2O2. The summed E-state index contributed by atoms with van der Waals surface area (Å²) in [4.78, 5) is 22.1. The molecule has 0 bridgehead atoms. The van der Waals surface area contributed by atoms with Crippen LogP contribution >= 0.6 is 0 Å². The van der Waals surface area contributed by atoms with Crippen LogP contribution in [0.2, 0.25) is 0 Å². The van der Waals surface area contributed by atoms with Gasteiger partial charge in [0, 0.05) is 7.05 Å². The van der Waals surface area contributed by atoms with Gasteiger partial charge in [0.1, 0.15) is 5.92 Å². The number of carbonyl (C=O) groups is 2. The number of amides is 2.